The van der Waals surface area contributed by atoms with Gasteiger partial charge in [0.2, 0.25) is 0 Å². The minimum atomic E-state index is -0.120. The van der Waals surface area contributed by atoms with Crippen molar-refractivity contribution in [3.8, 4) is 0 Å². The summed E-state index contributed by atoms with van der Waals surface area (Å²) in [5.41, 5.74) is 6.38. The highest BCUT2D eigenvalue weighted by Gasteiger charge is 2.21. The number of thiazole rings is 1. The lowest BCUT2D eigenvalue weighted by Crippen LogP contribution is -2.33. The number of rotatable bonds is 4. The summed E-state index contributed by atoms with van der Waals surface area (Å²) >= 11 is 1.43. The summed E-state index contributed by atoms with van der Waals surface area (Å²) in [6.07, 6.45) is 0. The third-order valence-corrected chi connectivity index (χ3v) is 4.24. The molecular weight excluding hydrogens is 246 g/mol. The molecule has 1 aromatic rings. The van der Waals surface area contributed by atoms with Gasteiger partial charge in [0.15, 0.2) is 0 Å². The Balaban J connectivity index is 2.55. The van der Waals surface area contributed by atoms with E-state index in [4.69, 9.17) is 5.73 Å². The van der Waals surface area contributed by atoms with Crippen LogP contribution in [-0.4, -0.2) is 17.4 Å². The van der Waals surface area contributed by atoms with Crippen LogP contribution in [0.15, 0.2) is 5.38 Å². The number of nitrogens with one attached hydrogen (secondary N) is 1. The van der Waals surface area contributed by atoms with Crippen LogP contribution in [0.1, 0.15) is 56.2 Å². The summed E-state index contributed by atoms with van der Waals surface area (Å²) in [6.45, 7) is 11.2. The molecule has 0 fully saturated rings. The number of nitrogens with two attached hydrogens (primary N) is 1. The second-order valence-electron chi connectivity index (χ2n) is 5.84. The van der Waals surface area contributed by atoms with E-state index < -0.39 is 0 Å². The van der Waals surface area contributed by atoms with Gasteiger partial charge in [-0.2, -0.15) is 0 Å². The summed E-state index contributed by atoms with van der Waals surface area (Å²) in [7, 11) is 0. The summed E-state index contributed by atoms with van der Waals surface area (Å²) in [4.78, 5) is 16.1. The van der Waals surface area contributed by atoms with Crippen LogP contribution in [0.4, 0.5) is 0 Å². The average Bonchev–Trinajstić information content (AvgIpc) is 2.73. The quantitative estimate of drug-likeness (QED) is 0.882. The largest absolute Gasteiger partial charge is 0.350 e. The molecule has 0 aliphatic heterocycles. The monoisotopic (exact) mass is 269 g/mol. The van der Waals surface area contributed by atoms with Crippen molar-refractivity contribution >= 4 is 17.2 Å². The SMILES string of the molecule is CC(N)c1nc(C(=O)NCC(C)C(C)(C)C)cs1. The molecule has 0 saturated heterocycles. The van der Waals surface area contributed by atoms with Crippen LogP contribution in [-0.2, 0) is 0 Å². The Kier molecular flexibility index (Phi) is 4.87. The topological polar surface area (TPSA) is 68.0 Å². The fourth-order valence-corrected chi connectivity index (χ4v) is 2.00. The molecule has 102 valence electrons. The normalized spacial score (nSPS) is 15.2. The van der Waals surface area contributed by atoms with Gasteiger partial charge < -0.3 is 11.1 Å². The van der Waals surface area contributed by atoms with Crippen molar-refractivity contribution in [3.63, 3.8) is 0 Å². The number of carbonyl (C=O) groups excluding carboxylic acids is 1. The van der Waals surface area contributed by atoms with Gasteiger partial charge in [-0.15, -0.1) is 11.3 Å². The van der Waals surface area contributed by atoms with Crippen molar-refractivity contribution in [1.82, 2.24) is 10.3 Å². The van der Waals surface area contributed by atoms with Crippen LogP contribution in [0.25, 0.3) is 0 Å². The maximum atomic E-state index is 11.9. The van der Waals surface area contributed by atoms with Crippen LogP contribution < -0.4 is 11.1 Å². The molecule has 1 heterocycles. The van der Waals surface area contributed by atoms with E-state index in [0.29, 0.717) is 18.2 Å². The third-order valence-electron chi connectivity index (χ3n) is 3.19. The van der Waals surface area contributed by atoms with E-state index in [2.05, 4.69) is 38.0 Å². The molecule has 0 spiro atoms. The number of amides is 1. The molecule has 0 saturated carbocycles. The summed E-state index contributed by atoms with van der Waals surface area (Å²) < 4.78 is 0. The van der Waals surface area contributed by atoms with Gasteiger partial charge in [-0.3, -0.25) is 4.79 Å². The van der Waals surface area contributed by atoms with Crippen molar-refractivity contribution in [3.05, 3.63) is 16.1 Å². The zero-order chi connectivity index (χ0) is 13.9. The standard InChI is InChI=1S/C13H23N3OS/c1-8(13(3,4)5)6-15-11(17)10-7-18-12(16-10)9(2)14/h7-9H,6,14H2,1-5H3,(H,15,17). The van der Waals surface area contributed by atoms with Crippen LogP contribution in [0.3, 0.4) is 0 Å². The molecule has 5 heteroatoms. The number of hydrogen-bond acceptors (Lipinski definition) is 4. The Morgan fingerprint density at radius 1 is 1.50 bits per heavy atom. The number of nitrogens with zero attached hydrogens (tertiary/aromatic N) is 1. The minimum Gasteiger partial charge on any atom is -0.350 e. The molecule has 1 aromatic heterocycles. The van der Waals surface area contributed by atoms with Gasteiger partial charge in [0.05, 0.1) is 6.04 Å². The number of aromatic nitrogens is 1. The average molecular weight is 269 g/mol. The van der Waals surface area contributed by atoms with Crippen molar-refractivity contribution in [2.45, 2.75) is 40.7 Å². The third kappa shape index (κ3) is 4.07. The van der Waals surface area contributed by atoms with Crippen LogP contribution >= 0.6 is 11.3 Å². The predicted molar refractivity (Wildman–Crippen MR) is 75.7 cm³/mol. The first-order chi connectivity index (χ1) is 8.21. The van der Waals surface area contributed by atoms with Gasteiger partial charge in [0.1, 0.15) is 10.7 Å². The molecule has 1 amide bonds. The molecule has 2 unspecified atom stereocenters. The first-order valence-corrected chi connectivity index (χ1v) is 7.09. The van der Waals surface area contributed by atoms with Crippen molar-refractivity contribution in [2.24, 2.45) is 17.1 Å². The van der Waals surface area contributed by atoms with E-state index in [1.165, 1.54) is 11.3 Å². The molecule has 4 nitrogen and oxygen atoms in total. The van der Waals surface area contributed by atoms with Crippen molar-refractivity contribution < 1.29 is 4.79 Å². The van der Waals surface area contributed by atoms with Gasteiger partial charge in [-0.05, 0) is 18.3 Å². The molecule has 0 bridgehead atoms. The maximum Gasteiger partial charge on any atom is 0.270 e. The lowest BCUT2D eigenvalue weighted by Gasteiger charge is -2.27. The van der Waals surface area contributed by atoms with E-state index in [1.54, 1.807) is 5.38 Å². The first kappa shape index (κ1) is 15.1. The lowest BCUT2D eigenvalue weighted by atomic mass is 9.82. The van der Waals surface area contributed by atoms with E-state index in [9.17, 15) is 4.79 Å². The van der Waals surface area contributed by atoms with Crippen LogP contribution in [0.2, 0.25) is 0 Å². The number of carbonyl (C=O) groups is 1. The van der Waals surface area contributed by atoms with Crippen molar-refractivity contribution in [2.75, 3.05) is 6.54 Å². The molecule has 0 aliphatic carbocycles. The zero-order valence-electron chi connectivity index (χ0n) is 11.8. The predicted octanol–water partition coefficient (Wildman–Crippen LogP) is 2.57. The molecule has 3 N–H and O–H groups in total. The Bertz CT molecular complexity index is 407. The first-order valence-electron chi connectivity index (χ1n) is 6.21. The maximum absolute atomic E-state index is 11.9. The van der Waals surface area contributed by atoms with Crippen LogP contribution in [0, 0.1) is 11.3 Å². The second kappa shape index (κ2) is 5.80. The Morgan fingerprint density at radius 3 is 2.56 bits per heavy atom. The van der Waals surface area contributed by atoms with E-state index in [-0.39, 0.29) is 17.4 Å². The summed E-state index contributed by atoms with van der Waals surface area (Å²) in [5.74, 6) is 0.294. The smallest absolute Gasteiger partial charge is 0.270 e. The molecule has 0 radical (unpaired) electrons. The van der Waals surface area contributed by atoms with E-state index in [0.717, 1.165) is 5.01 Å². The Labute approximate surface area is 113 Å². The van der Waals surface area contributed by atoms with E-state index in [1.807, 2.05) is 6.92 Å². The molecule has 18 heavy (non-hydrogen) atoms. The highest BCUT2D eigenvalue weighted by atomic mass is 32.1. The minimum absolute atomic E-state index is 0.116. The number of hydrogen-bond donors (Lipinski definition) is 2. The van der Waals surface area contributed by atoms with Gasteiger partial charge in [-0.25, -0.2) is 4.98 Å². The van der Waals surface area contributed by atoms with Gasteiger partial charge >= 0.3 is 0 Å². The van der Waals surface area contributed by atoms with Gasteiger partial charge in [-0.1, -0.05) is 27.7 Å². The Hall–Kier alpha value is -0.940. The van der Waals surface area contributed by atoms with Gasteiger partial charge in [0.25, 0.3) is 5.91 Å². The van der Waals surface area contributed by atoms with Crippen molar-refractivity contribution in [1.29, 1.82) is 0 Å². The fourth-order valence-electron chi connectivity index (χ4n) is 1.24. The highest BCUT2D eigenvalue weighted by molar-refractivity contribution is 7.09. The second-order valence-corrected chi connectivity index (χ2v) is 6.73. The molecule has 1 rings (SSSR count). The molecule has 0 aliphatic rings. The Morgan fingerprint density at radius 2 is 2.11 bits per heavy atom. The fraction of sp³-hybridized carbons (Fsp3) is 0.692. The lowest BCUT2D eigenvalue weighted by molar-refractivity contribution is 0.0932. The summed E-state index contributed by atoms with van der Waals surface area (Å²) in [5, 5.41) is 5.48. The zero-order valence-corrected chi connectivity index (χ0v) is 12.6. The summed E-state index contributed by atoms with van der Waals surface area (Å²) in [6, 6.07) is -0.120. The molecule has 0 aromatic carbocycles. The van der Waals surface area contributed by atoms with Gasteiger partial charge in [0, 0.05) is 11.9 Å². The van der Waals surface area contributed by atoms with E-state index >= 15 is 0 Å². The molecular formula is C13H23N3OS. The van der Waals surface area contributed by atoms with Crippen LogP contribution in [0.5, 0.6) is 0 Å². The highest BCUT2D eigenvalue weighted by Crippen LogP contribution is 2.24. The molecule has 2 atom stereocenters.